The van der Waals surface area contributed by atoms with Gasteiger partial charge in [-0.3, -0.25) is 0 Å². The molecule has 0 fully saturated rings. The summed E-state index contributed by atoms with van der Waals surface area (Å²) in [6, 6.07) is 2.63. The van der Waals surface area contributed by atoms with Crippen LogP contribution in [0.1, 0.15) is 18.3 Å². The van der Waals surface area contributed by atoms with E-state index in [-0.39, 0.29) is 29.7 Å². The van der Waals surface area contributed by atoms with Crippen molar-refractivity contribution in [3.8, 4) is 11.5 Å². The van der Waals surface area contributed by atoms with Crippen LogP contribution in [0.25, 0.3) is 11.5 Å². The van der Waals surface area contributed by atoms with E-state index in [2.05, 4.69) is 10.1 Å². The minimum absolute atomic E-state index is 0.215. The number of hydrogen-bond acceptors (Lipinski definition) is 4. The second-order valence-corrected chi connectivity index (χ2v) is 4.36. The zero-order chi connectivity index (χ0) is 14.9. The van der Waals surface area contributed by atoms with Gasteiger partial charge in [-0.1, -0.05) is 11.2 Å². The lowest BCUT2D eigenvalue weighted by atomic mass is 10.1. The summed E-state index contributed by atoms with van der Waals surface area (Å²) in [6.07, 6.45) is -4.50. The number of hydrogen-bond donors (Lipinski definition) is 1. The SMILES string of the molecule is CC(N)Cc1noc(-c2cccc(C(F)(F)F)c2F)n1. The van der Waals surface area contributed by atoms with Gasteiger partial charge in [-0.15, -0.1) is 0 Å². The largest absolute Gasteiger partial charge is 0.419 e. The Bertz CT molecular complexity index is 607. The van der Waals surface area contributed by atoms with Crippen molar-refractivity contribution in [1.29, 1.82) is 0 Å². The van der Waals surface area contributed by atoms with Crippen LogP contribution in [-0.4, -0.2) is 16.2 Å². The number of nitrogens with zero attached hydrogens (tertiary/aromatic N) is 2. The second-order valence-electron chi connectivity index (χ2n) is 4.36. The van der Waals surface area contributed by atoms with Gasteiger partial charge in [-0.2, -0.15) is 18.2 Å². The molecule has 4 nitrogen and oxygen atoms in total. The van der Waals surface area contributed by atoms with Crippen molar-refractivity contribution in [1.82, 2.24) is 10.1 Å². The van der Waals surface area contributed by atoms with E-state index in [1.807, 2.05) is 0 Å². The van der Waals surface area contributed by atoms with Gasteiger partial charge in [0.1, 0.15) is 5.82 Å². The van der Waals surface area contributed by atoms with Gasteiger partial charge in [0.15, 0.2) is 5.82 Å². The topological polar surface area (TPSA) is 64.9 Å². The van der Waals surface area contributed by atoms with Crippen molar-refractivity contribution in [2.75, 3.05) is 0 Å². The summed E-state index contributed by atoms with van der Waals surface area (Å²) in [6.45, 7) is 1.71. The number of nitrogens with two attached hydrogens (primary N) is 1. The monoisotopic (exact) mass is 289 g/mol. The van der Waals surface area contributed by atoms with Crippen LogP contribution in [0.3, 0.4) is 0 Å². The third kappa shape index (κ3) is 2.96. The Hall–Kier alpha value is -1.96. The molecular formula is C12H11F4N3O. The molecule has 0 amide bonds. The third-order valence-electron chi connectivity index (χ3n) is 2.51. The first-order valence-electron chi connectivity index (χ1n) is 5.73. The summed E-state index contributed by atoms with van der Waals surface area (Å²) >= 11 is 0. The van der Waals surface area contributed by atoms with Gasteiger partial charge >= 0.3 is 6.18 Å². The van der Waals surface area contributed by atoms with Crippen molar-refractivity contribution < 1.29 is 22.1 Å². The maximum absolute atomic E-state index is 13.9. The van der Waals surface area contributed by atoms with Crippen molar-refractivity contribution >= 4 is 0 Å². The summed E-state index contributed by atoms with van der Waals surface area (Å²) in [5, 5.41) is 3.55. The lowest BCUT2D eigenvalue weighted by Crippen LogP contribution is -2.18. The van der Waals surface area contributed by atoms with Gasteiger partial charge in [-0.25, -0.2) is 4.39 Å². The molecule has 1 aromatic heterocycles. The minimum atomic E-state index is -4.78. The van der Waals surface area contributed by atoms with E-state index in [1.165, 1.54) is 0 Å². The number of benzene rings is 1. The molecule has 1 atom stereocenters. The molecule has 0 aliphatic heterocycles. The van der Waals surface area contributed by atoms with Crippen LogP contribution in [-0.2, 0) is 12.6 Å². The van der Waals surface area contributed by atoms with Gasteiger partial charge in [-0.05, 0) is 19.1 Å². The molecule has 1 unspecified atom stereocenters. The Morgan fingerprint density at radius 2 is 2.05 bits per heavy atom. The van der Waals surface area contributed by atoms with Crippen molar-refractivity contribution in [2.45, 2.75) is 25.6 Å². The Kier molecular flexibility index (Phi) is 3.76. The lowest BCUT2D eigenvalue weighted by Gasteiger charge is -2.08. The highest BCUT2D eigenvalue weighted by Crippen LogP contribution is 2.34. The molecule has 0 radical (unpaired) electrons. The molecule has 1 aromatic carbocycles. The minimum Gasteiger partial charge on any atom is -0.334 e. The first-order chi connectivity index (χ1) is 9.29. The zero-order valence-corrected chi connectivity index (χ0v) is 10.4. The molecule has 0 bridgehead atoms. The van der Waals surface area contributed by atoms with Crippen molar-refractivity contribution in [3.05, 3.63) is 35.4 Å². The fraction of sp³-hybridized carbons (Fsp3) is 0.333. The molecular weight excluding hydrogens is 278 g/mol. The molecule has 2 aromatic rings. The molecule has 0 saturated heterocycles. The Labute approximate surface area is 111 Å². The predicted molar refractivity (Wildman–Crippen MR) is 62.0 cm³/mol. The molecule has 2 rings (SSSR count). The fourth-order valence-electron chi connectivity index (χ4n) is 1.65. The summed E-state index contributed by atoms with van der Waals surface area (Å²) in [4.78, 5) is 3.84. The normalized spacial score (nSPS) is 13.5. The van der Waals surface area contributed by atoms with Crippen LogP contribution >= 0.6 is 0 Å². The van der Waals surface area contributed by atoms with Gasteiger partial charge < -0.3 is 10.3 Å². The Morgan fingerprint density at radius 3 is 2.65 bits per heavy atom. The Morgan fingerprint density at radius 1 is 1.35 bits per heavy atom. The summed E-state index contributed by atoms with van der Waals surface area (Å²) < 4.78 is 56.4. The standard InChI is InChI=1S/C12H11F4N3O/c1-6(17)5-9-18-11(20-19-9)7-3-2-4-8(10(7)13)12(14,15)16/h2-4,6H,5,17H2,1H3. The molecule has 0 spiro atoms. The molecule has 2 N–H and O–H groups in total. The smallest absolute Gasteiger partial charge is 0.334 e. The van der Waals surface area contributed by atoms with E-state index in [9.17, 15) is 17.6 Å². The maximum Gasteiger partial charge on any atom is 0.419 e. The van der Waals surface area contributed by atoms with Gasteiger partial charge in [0.05, 0.1) is 11.1 Å². The third-order valence-corrected chi connectivity index (χ3v) is 2.51. The predicted octanol–water partition coefficient (Wildman–Crippen LogP) is 2.78. The molecule has 20 heavy (non-hydrogen) atoms. The molecule has 0 saturated carbocycles. The van der Waals surface area contributed by atoms with Gasteiger partial charge in [0.2, 0.25) is 0 Å². The summed E-state index contributed by atoms with van der Waals surface area (Å²) in [5.41, 5.74) is 3.78. The highest BCUT2D eigenvalue weighted by Gasteiger charge is 2.35. The van der Waals surface area contributed by atoms with Crippen LogP contribution in [0.5, 0.6) is 0 Å². The summed E-state index contributed by atoms with van der Waals surface area (Å²) in [7, 11) is 0. The van der Waals surface area contributed by atoms with Crippen LogP contribution in [0.2, 0.25) is 0 Å². The van der Waals surface area contributed by atoms with E-state index in [1.54, 1.807) is 6.92 Å². The van der Waals surface area contributed by atoms with Crippen molar-refractivity contribution in [3.63, 3.8) is 0 Å². The summed E-state index contributed by atoms with van der Waals surface area (Å²) in [5.74, 6) is -1.52. The number of aromatic nitrogens is 2. The van der Waals surface area contributed by atoms with Gasteiger partial charge in [0.25, 0.3) is 5.89 Å². The Balaban J connectivity index is 2.41. The maximum atomic E-state index is 13.9. The van der Waals surface area contributed by atoms with E-state index < -0.39 is 17.6 Å². The zero-order valence-electron chi connectivity index (χ0n) is 10.4. The van der Waals surface area contributed by atoms with Gasteiger partial charge in [0, 0.05) is 12.5 Å². The lowest BCUT2D eigenvalue weighted by molar-refractivity contribution is -0.139. The number of alkyl halides is 3. The quantitative estimate of drug-likeness (QED) is 0.882. The molecule has 108 valence electrons. The van der Waals surface area contributed by atoms with E-state index >= 15 is 0 Å². The second kappa shape index (κ2) is 5.20. The van der Waals surface area contributed by atoms with Crippen LogP contribution in [0, 0.1) is 5.82 Å². The van der Waals surface area contributed by atoms with E-state index in [4.69, 9.17) is 10.3 Å². The highest BCUT2D eigenvalue weighted by molar-refractivity contribution is 5.55. The first-order valence-corrected chi connectivity index (χ1v) is 5.73. The molecule has 8 heteroatoms. The molecule has 1 heterocycles. The van der Waals surface area contributed by atoms with E-state index in [0.29, 0.717) is 6.07 Å². The molecule has 0 aliphatic carbocycles. The van der Waals surface area contributed by atoms with Crippen molar-refractivity contribution in [2.24, 2.45) is 5.73 Å². The number of halogens is 4. The average Bonchev–Trinajstić information content (AvgIpc) is 2.75. The first kappa shape index (κ1) is 14.4. The highest BCUT2D eigenvalue weighted by atomic mass is 19.4. The van der Waals surface area contributed by atoms with Crippen LogP contribution < -0.4 is 5.73 Å². The van der Waals surface area contributed by atoms with Crippen LogP contribution in [0.15, 0.2) is 22.7 Å². The fourth-order valence-corrected chi connectivity index (χ4v) is 1.65. The van der Waals surface area contributed by atoms with Crippen LogP contribution in [0.4, 0.5) is 17.6 Å². The van der Waals surface area contributed by atoms with E-state index in [0.717, 1.165) is 12.1 Å². The number of rotatable bonds is 3. The average molecular weight is 289 g/mol. The molecule has 0 aliphatic rings.